The topological polar surface area (TPSA) is 66.1 Å². The number of aliphatic imine (C=N–C) groups is 1. The minimum Gasteiger partial charge on any atom is -0.379 e. The van der Waals surface area contributed by atoms with Crippen molar-refractivity contribution in [1.29, 1.82) is 0 Å². The maximum Gasteiger partial charge on any atom is 0.188 e. The highest BCUT2D eigenvalue weighted by Crippen LogP contribution is 2.21. The van der Waals surface area contributed by atoms with Crippen LogP contribution >= 0.6 is 24.0 Å². The molecule has 29 heavy (non-hydrogen) atoms. The molecule has 0 bridgehead atoms. The number of nitrogens with zero attached hydrogens (tertiary/aromatic N) is 3. The van der Waals surface area contributed by atoms with Crippen LogP contribution in [0.5, 0.6) is 0 Å². The zero-order valence-corrected chi connectivity index (χ0v) is 20.1. The largest absolute Gasteiger partial charge is 0.379 e. The molecule has 2 aliphatic rings. The fourth-order valence-electron chi connectivity index (χ4n) is 4.05. The van der Waals surface area contributed by atoms with E-state index < -0.39 is 0 Å². The van der Waals surface area contributed by atoms with E-state index in [4.69, 9.17) is 10.5 Å². The molecule has 164 valence electrons. The summed E-state index contributed by atoms with van der Waals surface area (Å²) in [7, 11) is 0. The van der Waals surface area contributed by atoms with E-state index >= 15 is 0 Å². The van der Waals surface area contributed by atoms with Crippen LogP contribution in [0.1, 0.15) is 43.7 Å². The van der Waals surface area contributed by atoms with Gasteiger partial charge in [0.25, 0.3) is 0 Å². The zero-order valence-electron chi connectivity index (χ0n) is 17.8. The molecule has 2 fully saturated rings. The van der Waals surface area contributed by atoms with Crippen molar-refractivity contribution in [3.63, 3.8) is 0 Å². The number of hydrogen-bond donors (Lipinski definition) is 2. The molecular formula is C22H38IN5O. The lowest BCUT2D eigenvalue weighted by Crippen LogP contribution is -2.39. The number of nitrogens with two attached hydrogens (primary N) is 1. The van der Waals surface area contributed by atoms with Crippen LogP contribution in [0.15, 0.2) is 29.3 Å². The van der Waals surface area contributed by atoms with Crippen LogP contribution in [-0.4, -0.2) is 67.7 Å². The second-order valence-electron chi connectivity index (χ2n) is 8.02. The number of piperidine rings is 1. The summed E-state index contributed by atoms with van der Waals surface area (Å²) >= 11 is 0. The Bertz CT molecular complexity index is 621. The molecule has 0 aromatic heterocycles. The van der Waals surface area contributed by atoms with Crippen molar-refractivity contribution in [2.24, 2.45) is 10.7 Å². The minimum atomic E-state index is 0. The SMILES string of the molecule is CC1CCCCN1Cc1ccccc1CN=C(N)NCCCN1CCOCC1.I. The minimum absolute atomic E-state index is 0. The molecule has 1 aromatic rings. The number of rotatable bonds is 8. The van der Waals surface area contributed by atoms with Crippen LogP contribution in [-0.2, 0) is 17.8 Å². The number of likely N-dealkylation sites (tertiary alicyclic amines) is 1. The van der Waals surface area contributed by atoms with E-state index in [2.05, 4.69) is 51.3 Å². The van der Waals surface area contributed by atoms with Gasteiger partial charge < -0.3 is 15.8 Å². The molecule has 0 saturated carbocycles. The maximum atomic E-state index is 6.09. The Hall–Kier alpha value is -0.900. The molecule has 1 atom stereocenters. The molecular weight excluding hydrogens is 477 g/mol. The normalized spacial score (nSPS) is 21.6. The first-order valence-electron chi connectivity index (χ1n) is 10.9. The van der Waals surface area contributed by atoms with Crippen molar-refractivity contribution < 1.29 is 4.74 Å². The second kappa shape index (κ2) is 13.4. The molecule has 1 aromatic carbocycles. The average Bonchev–Trinajstić information content (AvgIpc) is 2.73. The third kappa shape index (κ3) is 8.39. The number of hydrogen-bond acceptors (Lipinski definition) is 4. The molecule has 2 aliphatic heterocycles. The first-order chi connectivity index (χ1) is 13.7. The van der Waals surface area contributed by atoms with E-state index in [1.807, 2.05) is 0 Å². The third-order valence-corrected chi connectivity index (χ3v) is 5.91. The number of nitrogens with one attached hydrogen (secondary N) is 1. The van der Waals surface area contributed by atoms with Gasteiger partial charge in [-0.3, -0.25) is 9.80 Å². The summed E-state index contributed by atoms with van der Waals surface area (Å²) in [5.74, 6) is 0.545. The summed E-state index contributed by atoms with van der Waals surface area (Å²) in [4.78, 5) is 9.62. The van der Waals surface area contributed by atoms with Gasteiger partial charge in [0.2, 0.25) is 0 Å². The van der Waals surface area contributed by atoms with Gasteiger partial charge in [-0.25, -0.2) is 4.99 Å². The molecule has 7 heteroatoms. The molecule has 0 radical (unpaired) electrons. The number of guanidine groups is 1. The van der Waals surface area contributed by atoms with Gasteiger partial charge in [-0.15, -0.1) is 24.0 Å². The quantitative estimate of drug-likeness (QED) is 0.241. The summed E-state index contributed by atoms with van der Waals surface area (Å²) < 4.78 is 5.38. The van der Waals surface area contributed by atoms with Gasteiger partial charge in [0.05, 0.1) is 19.8 Å². The number of morpholine rings is 1. The lowest BCUT2D eigenvalue weighted by atomic mass is 10.0. The van der Waals surface area contributed by atoms with Crippen LogP contribution < -0.4 is 11.1 Å². The van der Waals surface area contributed by atoms with Gasteiger partial charge >= 0.3 is 0 Å². The van der Waals surface area contributed by atoms with Crippen molar-refractivity contribution in [3.8, 4) is 0 Å². The van der Waals surface area contributed by atoms with E-state index in [1.165, 1.54) is 36.9 Å². The fraction of sp³-hybridized carbons (Fsp3) is 0.682. The number of benzene rings is 1. The Balaban J connectivity index is 0.00000300. The van der Waals surface area contributed by atoms with Gasteiger partial charge in [0, 0.05) is 32.2 Å². The van der Waals surface area contributed by atoms with Crippen molar-refractivity contribution in [3.05, 3.63) is 35.4 Å². The number of halogens is 1. The van der Waals surface area contributed by atoms with Crippen molar-refractivity contribution in [2.45, 2.75) is 51.7 Å². The van der Waals surface area contributed by atoms with E-state index in [0.717, 1.165) is 52.4 Å². The lowest BCUT2D eigenvalue weighted by Gasteiger charge is -2.33. The monoisotopic (exact) mass is 515 g/mol. The predicted octanol–water partition coefficient (Wildman–Crippen LogP) is 2.81. The lowest BCUT2D eigenvalue weighted by molar-refractivity contribution is 0.0376. The van der Waals surface area contributed by atoms with E-state index in [9.17, 15) is 0 Å². The van der Waals surface area contributed by atoms with Gasteiger partial charge in [-0.2, -0.15) is 0 Å². The molecule has 0 spiro atoms. The smallest absolute Gasteiger partial charge is 0.188 e. The van der Waals surface area contributed by atoms with Crippen molar-refractivity contribution in [1.82, 2.24) is 15.1 Å². The molecule has 6 nitrogen and oxygen atoms in total. The highest BCUT2D eigenvalue weighted by Gasteiger charge is 2.19. The van der Waals surface area contributed by atoms with Crippen molar-refractivity contribution in [2.75, 3.05) is 45.9 Å². The fourth-order valence-corrected chi connectivity index (χ4v) is 4.05. The summed E-state index contributed by atoms with van der Waals surface area (Å²) in [6.07, 6.45) is 5.05. The van der Waals surface area contributed by atoms with Crippen molar-refractivity contribution >= 4 is 29.9 Å². The Kier molecular flexibility index (Phi) is 11.3. The highest BCUT2D eigenvalue weighted by atomic mass is 127. The first kappa shape index (κ1) is 24.4. The van der Waals surface area contributed by atoms with Gasteiger partial charge in [-0.05, 0) is 50.4 Å². The Morgan fingerprint density at radius 3 is 2.69 bits per heavy atom. The van der Waals surface area contributed by atoms with Gasteiger partial charge in [-0.1, -0.05) is 30.7 Å². The summed E-state index contributed by atoms with van der Waals surface area (Å²) in [5, 5.41) is 3.26. The van der Waals surface area contributed by atoms with Crippen LogP contribution in [0, 0.1) is 0 Å². The predicted molar refractivity (Wildman–Crippen MR) is 131 cm³/mol. The van der Waals surface area contributed by atoms with E-state index in [-0.39, 0.29) is 24.0 Å². The summed E-state index contributed by atoms with van der Waals surface area (Å²) in [5.41, 5.74) is 8.74. The van der Waals surface area contributed by atoms with Crippen LogP contribution in [0.25, 0.3) is 0 Å². The Morgan fingerprint density at radius 1 is 1.17 bits per heavy atom. The molecule has 0 amide bonds. The van der Waals surface area contributed by atoms with E-state index in [0.29, 0.717) is 18.5 Å². The molecule has 3 N–H and O–H groups in total. The average molecular weight is 515 g/mol. The van der Waals surface area contributed by atoms with Crippen LogP contribution in [0.2, 0.25) is 0 Å². The molecule has 1 unspecified atom stereocenters. The second-order valence-corrected chi connectivity index (χ2v) is 8.02. The third-order valence-electron chi connectivity index (χ3n) is 5.91. The summed E-state index contributed by atoms with van der Waals surface area (Å²) in [6, 6.07) is 9.31. The zero-order chi connectivity index (χ0) is 19.6. The standard InChI is InChI=1S/C22H37N5O.HI/c1-19-7-4-5-12-27(19)18-21-9-3-2-8-20(21)17-25-22(23)24-10-6-11-26-13-15-28-16-14-26;/h2-3,8-9,19H,4-7,10-18H2,1H3,(H3,23,24,25);1H. The summed E-state index contributed by atoms with van der Waals surface area (Å²) in [6.45, 7) is 10.9. The molecule has 2 saturated heterocycles. The highest BCUT2D eigenvalue weighted by molar-refractivity contribution is 14.0. The Labute approximate surface area is 193 Å². The Morgan fingerprint density at radius 2 is 1.93 bits per heavy atom. The maximum absolute atomic E-state index is 6.09. The molecule has 2 heterocycles. The van der Waals surface area contributed by atoms with Crippen LogP contribution in [0.3, 0.4) is 0 Å². The number of ether oxygens (including phenoxy) is 1. The molecule has 0 aliphatic carbocycles. The van der Waals surface area contributed by atoms with Crippen LogP contribution in [0.4, 0.5) is 0 Å². The van der Waals surface area contributed by atoms with Gasteiger partial charge in [0.15, 0.2) is 5.96 Å². The van der Waals surface area contributed by atoms with E-state index in [1.54, 1.807) is 0 Å². The molecule has 3 rings (SSSR count). The first-order valence-corrected chi connectivity index (χ1v) is 10.9. The van der Waals surface area contributed by atoms with Gasteiger partial charge in [0.1, 0.15) is 0 Å².